The molecule has 2 N–H and O–H groups in total. The van der Waals surface area contributed by atoms with Gasteiger partial charge in [0, 0.05) is 31.3 Å². The molecule has 1 aromatic heterocycles. The highest BCUT2D eigenvalue weighted by atomic mass is 35.5. The number of rotatable bonds is 5. The Kier molecular flexibility index (Phi) is 4.63. The molecular formula is C14H17ClN4O. The summed E-state index contributed by atoms with van der Waals surface area (Å²) in [4.78, 5) is 8.79. The summed E-state index contributed by atoms with van der Waals surface area (Å²) in [7, 11) is 3.42. The van der Waals surface area contributed by atoms with Crippen LogP contribution in [0.2, 0.25) is 5.02 Å². The summed E-state index contributed by atoms with van der Waals surface area (Å²) < 4.78 is 5.20. The van der Waals surface area contributed by atoms with Crippen LogP contribution in [0.3, 0.4) is 0 Å². The number of nitrogens with one attached hydrogen (secondary N) is 2. The van der Waals surface area contributed by atoms with Crippen LogP contribution in [0.1, 0.15) is 12.7 Å². The van der Waals surface area contributed by atoms with Crippen LogP contribution < -0.4 is 15.4 Å². The maximum Gasteiger partial charge on any atom is 0.139 e. The van der Waals surface area contributed by atoms with E-state index in [9.17, 15) is 0 Å². The van der Waals surface area contributed by atoms with E-state index in [4.69, 9.17) is 16.3 Å². The number of anilines is 3. The normalized spacial score (nSPS) is 10.2. The third-order valence-electron chi connectivity index (χ3n) is 2.77. The highest BCUT2D eigenvalue weighted by Crippen LogP contribution is 2.29. The highest BCUT2D eigenvalue weighted by Gasteiger charge is 2.05. The Morgan fingerprint density at radius 1 is 1.20 bits per heavy atom. The first-order valence-corrected chi connectivity index (χ1v) is 6.70. The van der Waals surface area contributed by atoms with Crippen LogP contribution in [0.4, 0.5) is 17.3 Å². The molecule has 0 fully saturated rings. The molecule has 2 rings (SSSR count). The van der Waals surface area contributed by atoms with E-state index in [1.54, 1.807) is 13.2 Å². The average molecular weight is 293 g/mol. The maximum atomic E-state index is 6.01. The van der Waals surface area contributed by atoms with Gasteiger partial charge in [0.25, 0.3) is 0 Å². The Morgan fingerprint density at radius 3 is 2.60 bits per heavy atom. The fraction of sp³-hybridized carbons (Fsp3) is 0.286. The molecule has 2 aromatic rings. The lowest BCUT2D eigenvalue weighted by Gasteiger charge is -2.11. The summed E-state index contributed by atoms with van der Waals surface area (Å²) in [5.41, 5.74) is 0.856. The topological polar surface area (TPSA) is 59.1 Å². The molecule has 20 heavy (non-hydrogen) atoms. The molecule has 5 nitrogen and oxygen atoms in total. The Balaban J connectivity index is 2.29. The summed E-state index contributed by atoms with van der Waals surface area (Å²) in [5.74, 6) is 2.90. The van der Waals surface area contributed by atoms with Crippen LogP contribution in [-0.2, 0) is 6.42 Å². The molecule has 0 unspecified atom stereocenters. The number of hydrogen-bond donors (Lipinski definition) is 2. The zero-order chi connectivity index (χ0) is 14.5. The van der Waals surface area contributed by atoms with Crippen molar-refractivity contribution in [2.75, 3.05) is 24.8 Å². The summed E-state index contributed by atoms with van der Waals surface area (Å²) >= 11 is 6.01. The minimum absolute atomic E-state index is 0.575. The summed E-state index contributed by atoms with van der Waals surface area (Å²) in [6.45, 7) is 2.02. The van der Waals surface area contributed by atoms with E-state index in [2.05, 4.69) is 20.6 Å². The van der Waals surface area contributed by atoms with Gasteiger partial charge in [-0.15, -0.1) is 0 Å². The van der Waals surface area contributed by atoms with Crippen LogP contribution >= 0.6 is 11.6 Å². The third-order valence-corrected chi connectivity index (χ3v) is 3.08. The molecule has 0 atom stereocenters. The molecule has 6 heteroatoms. The van der Waals surface area contributed by atoms with Gasteiger partial charge in [-0.3, -0.25) is 0 Å². The van der Waals surface area contributed by atoms with Crippen LogP contribution in [0.5, 0.6) is 5.75 Å². The van der Waals surface area contributed by atoms with Crippen molar-refractivity contribution in [3.05, 3.63) is 35.1 Å². The van der Waals surface area contributed by atoms with Crippen molar-refractivity contribution in [1.29, 1.82) is 0 Å². The number of hydrogen-bond acceptors (Lipinski definition) is 5. The van der Waals surface area contributed by atoms with E-state index in [0.717, 1.165) is 29.6 Å². The van der Waals surface area contributed by atoms with Crippen molar-refractivity contribution in [2.45, 2.75) is 13.3 Å². The lowest BCUT2D eigenvalue weighted by molar-refractivity contribution is 0.415. The van der Waals surface area contributed by atoms with Gasteiger partial charge in [-0.25, -0.2) is 9.97 Å². The molecule has 0 aliphatic heterocycles. The molecule has 0 radical (unpaired) electrons. The van der Waals surface area contributed by atoms with E-state index in [0.29, 0.717) is 10.8 Å². The average Bonchev–Trinajstić information content (AvgIpc) is 2.48. The Labute approximate surface area is 123 Å². The SMILES string of the molecule is CCc1nc(NC)cc(Nc2ccc(Cl)c(OC)c2)n1. The fourth-order valence-corrected chi connectivity index (χ4v) is 1.93. The first-order valence-electron chi connectivity index (χ1n) is 6.32. The summed E-state index contributed by atoms with van der Waals surface area (Å²) in [6.07, 6.45) is 0.772. The minimum Gasteiger partial charge on any atom is -0.495 e. The van der Waals surface area contributed by atoms with Gasteiger partial charge >= 0.3 is 0 Å². The number of aromatic nitrogens is 2. The second-order valence-corrected chi connectivity index (χ2v) is 4.54. The van der Waals surface area contributed by atoms with Crippen LogP contribution in [0, 0.1) is 0 Å². The van der Waals surface area contributed by atoms with Gasteiger partial charge in [0.15, 0.2) is 0 Å². The highest BCUT2D eigenvalue weighted by molar-refractivity contribution is 6.32. The van der Waals surface area contributed by atoms with E-state index in [1.165, 1.54) is 0 Å². The quantitative estimate of drug-likeness (QED) is 0.883. The molecule has 0 saturated heterocycles. The second-order valence-electron chi connectivity index (χ2n) is 4.13. The molecule has 0 aliphatic rings. The zero-order valence-electron chi connectivity index (χ0n) is 11.7. The van der Waals surface area contributed by atoms with Gasteiger partial charge in [0.05, 0.1) is 12.1 Å². The standard InChI is InChI=1S/C14H17ClN4O/c1-4-12-18-13(16-2)8-14(19-12)17-9-5-6-10(15)11(7-9)20-3/h5-8H,4H2,1-3H3,(H2,16,17,18,19). The molecule has 0 saturated carbocycles. The Bertz CT molecular complexity index is 581. The van der Waals surface area contributed by atoms with Crippen LogP contribution in [0.15, 0.2) is 24.3 Å². The van der Waals surface area contributed by atoms with Crippen LogP contribution in [-0.4, -0.2) is 24.1 Å². The minimum atomic E-state index is 0.575. The maximum absolute atomic E-state index is 6.01. The van der Waals surface area contributed by atoms with Gasteiger partial charge in [0.2, 0.25) is 0 Å². The lowest BCUT2D eigenvalue weighted by atomic mass is 10.3. The van der Waals surface area contributed by atoms with Gasteiger partial charge in [-0.1, -0.05) is 18.5 Å². The molecule has 0 amide bonds. The lowest BCUT2D eigenvalue weighted by Crippen LogP contribution is -2.03. The van der Waals surface area contributed by atoms with E-state index in [1.807, 2.05) is 32.2 Å². The number of nitrogens with zero attached hydrogens (tertiary/aromatic N) is 2. The molecule has 1 aromatic carbocycles. The molecule has 0 bridgehead atoms. The number of halogens is 1. The Hall–Kier alpha value is -2.01. The number of aryl methyl sites for hydroxylation is 1. The summed E-state index contributed by atoms with van der Waals surface area (Å²) in [6, 6.07) is 7.33. The van der Waals surface area contributed by atoms with Crippen LogP contribution in [0.25, 0.3) is 0 Å². The second kappa shape index (κ2) is 6.43. The van der Waals surface area contributed by atoms with Crippen molar-refractivity contribution < 1.29 is 4.74 Å². The van der Waals surface area contributed by atoms with Crippen molar-refractivity contribution in [3.8, 4) is 5.75 Å². The number of benzene rings is 1. The zero-order valence-corrected chi connectivity index (χ0v) is 12.5. The number of ether oxygens (including phenoxy) is 1. The first kappa shape index (κ1) is 14.4. The van der Waals surface area contributed by atoms with Crippen molar-refractivity contribution in [2.24, 2.45) is 0 Å². The molecular weight excluding hydrogens is 276 g/mol. The third kappa shape index (κ3) is 3.30. The van der Waals surface area contributed by atoms with Crippen molar-refractivity contribution in [3.63, 3.8) is 0 Å². The monoisotopic (exact) mass is 292 g/mol. The predicted octanol–water partition coefficient (Wildman–Crippen LogP) is 3.49. The smallest absolute Gasteiger partial charge is 0.139 e. The summed E-state index contributed by atoms with van der Waals surface area (Å²) in [5, 5.41) is 6.82. The van der Waals surface area contributed by atoms with E-state index in [-0.39, 0.29) is 0 Å². The van der Waals surface area contributed by atoms with Crippen molar-refractivity contribution in [1.82, 2.24) is 9.97 Å². The number of methoxy groups -OCH3 is 1. The first-order chi connectivity index (χ1) is 9.66. The van der Waals surface area contributed by atoms with E-state index >= 15 is 0 Å². The molecule has 0 spiro atoms. The Morgan fingerprint density at radius 2 is 1.95 bits per heavy atom. The van der Waals surface area contributed by atoms with Gasteiger partial charge in [-0.2, -0.15) is 0 Å². The molecule has 0 aliphatic carbocycles. The van der Waals surface area contributed by atoms with E-state index < -0.39 is 0 Å². The van der Waals surface area contributed by atoms with Gasteiger partial charge < -0.3 is 15.4 Å². The molecule has 106 valence electrons. The molecule has 1 heterocycles. The predicted molar refractivity (Wildman–Crippen MR) is 82.2 cm³/mol. The van der Waals surface area contributed by atoms with Gasteiger partial charge in [0.1, 0.15) is 23.2 Å². The largest absolute Gasteiger partial charge is 0.495 e. The fourth-order valence-electron chi connectivity index (χ4n) is 1.73. The van der Waals surface area contributed by atoms with Gasteiger partial charge in [-0.05, 0) is 12.1 Å². The van der Waals surface area contributed by atoms with Crippen molar-refractivity contribution >= 4 is 28.9 Å².